The molecule has 17 heavy (non-hydrogen) atoms. The van der Waals surface area contributed by atoms with Crippen molar-refractivity contribution in [3.63, 3.8) is 0 Å². The number of likely N-dealkylation sites (tertiary alicyclic amines) is 1. The Labute approximate surface area is 106 Å². The van der Waals surface area contributed by atoms with E-state index in [-0.39, 0.29) is 5.41 Å². The highest BCUT2D eigenvalue weighted by Gasteiger charge is 2.31. The molecule has 2 aliphatic rings. The Morgan fingerprint density at radius 1 is 1.29 bits per heavy atom. The number of hydrogen-bond donors (Lipinski definition) is 2. The molecule has 0 radical (unpaired) electrons. The lowest BCUT2D eigenvalue weighted by Crippen LogP contribution is -2.40. The predicted octanol–water partition coefficient (Wildman–Crippen LogP) is 1.47. The van der Waals surface area contributed by atoms with Crippen molar-refractivity contribution in [3.8, 4) is 0 Å². The third kappa shape index (κ3) is 3.67. The fraction of sp³-hybridized carbons (Fsp3) is 1.00. The van der Waals surface area contributed by atoms with Gasteiger partial charge in [0.1, 0.15) is 0 Å². The minimum absolute atomic E-state index is 0.197. The van der Waals surface area contributed by atoms with E-state index < -0.39 is 0 Å². The van der Waals surface area contributed by atoms with Crippen LogP contribution in [-0.2, 0) is 0 Å². The van der Waals surface area contributed by atoms with Crippen molar-refractivity contribution in [3.05, 3.63) is 0 Å². The molecule has 1 aliphatic heterocycles. The van der Waals surface area contributed by atoms with E-state index in [9.17, 15) is 5.11 Å². The second-order valence-corrected chi connectivity index (χ2v) is 6.27. The number of hydrogen-bond acceptors (Lipinski definition) is 3. The summed E-state index contributed by atoms with van der Waals surface area (Å²) in [5, 5.41) is 13.3. The molecule has 2 N–H and O–H groups in total. The normalized spacial score (nSPS) is 29.6. The highest BCUT2D eigenvalue weighted by Crippen LogP contribution is 2.35. The van der Waals surface area contributed by atoms with Gasteiger partial charge >= 0.3 is 0 Å². The van der Waals surface area contributed by atoms with Gasteiger partial charge in [0.05, 0.1) is 0 Å². The van der Waals surface area contributed by atoms with Gasteiger partial charge in [-0.15, -0.1) is 0 Å². The van der Waals surface area contributed by atoms with E-state index in [2.05, 4.69) is 17.3 Å². The van der Waals surface area contributed by atoms with Crippen molar-refractivity contribution in [1.82, 2.24) is 10.2 Å². The lowest BCUT2D eigenvalue weighted by Gasteiger charge is -2.36. The molecule has 1 heterocycles. The molecule has 0 aromatic carbocycles. The quantitative estimate of drug-likeness (QED) is 0.764. The van der Waals surface area contributed by atoms with E-state index in [1.54, 1.807) is 0 Å². The first-order chi connectivity index (χ1) is 8.24. The maximum atomic E-state index is 9.63. The van der Waals surface area contributed by atoms with Crippen LogP contribution in [0.5, 0.6) is 0 Å². The van der Waals surface area contributed by atoms with Crippen molar-refractivity contribution in [2.75, 3.05) is 39.8 Å². The van der Waals surface area contributed by atoms with E-state index in [0.717, 1.165) is 19.0 Å². The van der Waals surface area contributed by atoms with Crippen LogP contribution < -0.4 is 5.32 Å². The van der Waals surface area contributed by atoms with Gasteiger partial charge in [-0.2, -0.15) is 0 Å². The highest BCUT2D eigenvalue weighted by atomic mass is 16.3. The van der Waals surface area contributed by atoms with Crippen molar-refractivity contribution in [2.45, 2.75) is 38.5 Å². The summed E-state index contributed by atoms with van der Waals surface area (Å²) in [5.74, 6) is 0.819. The summed E-state index contributed by atoms with van der Waals surface area (Å²) in [6.45, 7) is 5.00. The summed E-state index contributed by atoms with van der Waals surface area (Å²) >= 11 is 0. The minimum atomic E-state index is 0.197. The molecular formula is C14H28N2O. The maximum Gasteiger partial charge on any atom is 0.0499 e. The molecule has 1 unspecified atom stereocenters. The van der Waals surface area contributed by atoms with Crippen molar-refractivity contribution in [2.24, 2.45) is 11.3 Å². The van der Waals surface area contributed by atoms with Crippen LogP contribution in [0.25, 0.3) is 0 Å². The Hall–Kier alpha value is -0.120. The third-order valence-electron chi connectivity index (χ3n) is 4.67. The van der Waals surface area contributed by atoms with E-state index >= 15 is 0 Å². The number of nitrogens with one attached hydrogen (secondary N) is 1. The zero-order chi connectivity index (χ0) is 12.1. The Morgan fingerprint density at radius 3 is 2.65 bits per heavy atom. The van der Waals surface area contributed by atoms with Crippen LogP contribution >= 0.6 is 0 Å². The first-order valence-corrected chi connectivity index (χ1v) is 7.24. The largest absolute Gasteiger partial charge is 0.396 e. The molecule has 0 aromatic rings. The predicted molar refractivity (Wildman–Crippen MR) is 71.1 cm³/mol. The third-order valence-corrected chi connectivity index (χ3v) is 4.67. The average molecular weight is 240 g/mol. The lowest BCUT2D eigenvalue weighted by atomic mass is 9.74. The van der Waals surface area contributed by atoms with E-state index in [1.165, 1.54) is 51.6 Å². The van der Waals surface area contributed by atoms with Crippen LogP contribution in [0.15, 0.2) is 0 Å². The van der Waals surface area contributed by atoms with Crippen molar-refractivity contribution >= 4 is 0 Å². The van der Waals surface area contributed by atoms with Crippen LogP contribution in [-0.4, -0.2) is 49.8 Å². The Balaban J connectivity index is 1.69. The van der Waals surface area contributed by atoms with Gasteiger partial charge < -0.3 is 15.3 Å². The van der Waals surface area contributed by atoms with Gasteiger partial charge in [-0.05, 0) is 45.3 Å². The van der Waals surface area contributed by atoms with Gasteiger partial charge in [0.2, 0.25) is 0 Å². The van der Waals surface area contributed by atoms with Crippen molar-refractivity contribution in [1.29, 1.82) is 0 Å². The first-order valence-electron chi connectivity index (χ1n) is 7.24. The van der Waals surface area contributed by atoms with Crippen LogP contribution in [0.3, 0.4) is 0 Å². The molecule has 1 saturated carbocycles. The molecule has 3 nitrogen and oxygen atoms in total. The summed E-state index contributed by atoms with van der Waals surface area (Å²) in [5.41, 5.74) is 0.197. The summed E-state index contributed by atoms with van der Waals surface area (Å²) < 4.78 is 0. The SMILES string of the molecule is CN1CCC(CNCC2(CO)CCCCC2)C1. The van der Waals surface area contributed by atoms with Crippen LogP contribution in [0.1, 0.15) is 38.5 Å². The average Bonchev–Trinajstić information content (AvgIpc) is 2.76. The summed E-state index contributed by atoms with van der Waals surface area (Å²) in [7, 11) is 2.20. The minimum Gasteiger partial charge on any atom is -0.396 e. The molecule has 0 amide bonds. The van der Waals surface area contributed by atoms with Gasteiger partial charge in [-0.25, -0.2) is 0 Å². The smallest absolute Gasteiger partial charge is 0.0499 e. The topological polar surface area (TPSA) is 35.5 Å². The molecule has 1 saturated heterocycles. The van der Waals surface area contributed by atoms with Crippen LogP contribution in [0.4, 0.5) is 0 Å². The maximum absolute atomic E-state index is 9.63. The first kappa shape index (κ1) is 13.3. The lowest BCUT2D eigenvalue weighted by molar-refractivity contribution is 0.0805. The Kier molecular flexibility index (Phi) is 4.83. The van der Waals surface area contributed by atoms with E-state index in [0.29, 0.717) is 6.61 Å². The molecule has 1 aliphatic carbocycles. The molecule has 0 aromatic heterocycles. The molecule has 1 atom stereocenters. The molecule has 0 spiro atoms. The fourth-order valence-corrected chi connectivity index (χ4v) is 3.43. The summed E-state index contributed by atoms with van der Waals surface area (Å²) in [4.78, 5) is 2.41. The van der Waals surface area contributed by atoms with Gasteiger partial charge in [-0.3, -0.25) is 0 Å². The summed E-state index contributed by atoms with van der Waals surface area (Å²) in [6, 6.07) is 0. The van der Waals surface area contributed by atoms with Crippen LogP contribution in [0, 0.1) is 11.3 Å². The summed E-state index contributed by atoms with van der Waals surface area (Å²) in [6.07, 6.45) is 7.70. The molecule has 100 valence electrons. The molecule has 2 fully saturated rings. The molecule has 3 heteroatoms. The van der Waals surface area contributed by atoms with Gasteiger partial charge in [0.25, 0.3) is 0 Å². The zero-order valence-corrected chi connectivity index (χ0v) is 11.2. The van der Waals surface area contributed by atoms with Crippen LogP contribution in [0.2, 0.25) is 0 Å². The van der Waals surface area contributed by atoms with E-state index in [4.69, 9.17) is 0 Å². The monoisotopic (exact) mass is 240 g/mol. The molecular weight excluding hydrogens is 212 g/mol. The van der Waals surface area contributed by atoms with E-state index in [1.807, 2.05) is 0 Å². The number of aliphatic hydroxyl groups is 1. The molecule has 2 rings (SSSR count). The Morgan fingerprint density at radius 2 is 2.06 bits per heavy atom. The van der Waals surface area contributed by atoms with Gasteiger partial charge in [-0.1, -0.05) is 19.3 Å². The highest BCUT2D eigenvalue weighted by molar-refractivity contribution is 4.85. The number of nitrogens with zero attached hydrogens (tertiary/aromatic N) is 1. The fourth-order valence-electron chi connectivity index (χ4n) is 3.43. The number of rotatable bonds is 5. The van der Waals surface area contributed by atoms with Crippen molar-refractivity contribution < 1.29 is 5.11 Å². The second-order valence-electron chi connectivity index (χ2n) is 6.27. The standard InChI is InChI=1S/C14H28N2O/c1-16-8-5-13(10-16)9-15-11-14(12-17)6-3-2-4-7-14/h13,15,17H,2-12H2,1H3. The zero-order valence-electron chi connectivity index (χ0n) is 11.2. The van der Waals surface area contributed by atoms with Gasteiger partial charge in [0.15, 0.2) is 0 Å². The number of aliphatic hydroxyl groups excluding tert-OH is 1. The molecule has 0 bridgehead atoms. The Bertz CT molecular complexity index is 226. The van der Waals surface area contributed by atoms with Gasteiger partial charge in [0, 0.05) is 25.1 Å². The second kappa shape index (κ2) is 6.17.